The fraction of sp³-hybridized carbons (Fsp3) is 0.632. The SMILES string of the molecule is C[C@@H](OC(=O)c1cc2c(s1)CCCC2)C(=O)NC1(C#N)CCCCC1. The van der Waals surface area contributed by atoms with Crippen LogP contribution in [0.3, 0.4) is 0 Å². The predicted octanol–water partition coefficient (Wildman–Crippen LogP) is 3.51. The molecular formula is C19H24N2O3S. The molecule has 0 unspecified atom stereocenters. The standard InChI is InChI=1S/C19H24N2O3S/c1-13(17(22)21-19(12-20)9-5-2-6-10-19)24-18(23)16-11-14-7-3-4-8-15(14)25-16/h11,13H,2-10H2,1H3,(H,21,22)/t13-/m1/s1. The average molecular weight is 360 g/mol. The third-order valence-corrected chi connectivity index (χ3v) is 6.35. The molecule has 0 radical (unpaired) electrons. The van der Waals surface area contributed by atoms with E-state index in [0.717, 1.165) is 44.9 Å². The van der Waals surface area contributed by atoms with Gasteiger partial charge in [0.1, 0.15) is 10.4 Å². The van der Waals surface area contributed by atoms with Gasteiger partial charge in [0.15, 0.2) is 6.10 Å². The first kappa shape index (κ1) is 17.9. The summed E-state index contributed by atoms with van der Waals surface area (Å²) in [6, 6.07) is 4.16. The maximum absolute atomic E-state index is 12.4. The number of fused-ring (bicyclic) bond motifs is 1. The largest absolute Gasteiger partial charge is 0.448 e. The summed E-state index contributed by atoms with van der Waals surface area (Å²) >= 11 is 1.48. The minimum Gasteiger partial charge on any atom is -0.448 e. The number of nitrogens with zero attached hydrogens (tertiary/aromatic N) is 1. The zero-order valence-corrected chi connectivity index (χ0v) is 15.4. The lowest BCUT2D eigenvalue weighted by Crippen LogP contribution is -2.52. The van der Waals surface area contributed by atoms with Crippen LogP contribution in [0.25, 0.3) is 0 Å². The van der Waals surface area contributed by atoms with Crippen LogP contribution in [0.4, 0.5) is 0 Å². The molecule has 1 aromatic heterocycles. The van der Waals surface area contributed by atoms with Crippen LogP contribution < -0.4 is 5.32 Å². The summed E-state index contributed by atoms with van der Waals surface area (Å²) in [6.45, 7) is 1.56. The Hall–Kier alpha value is -1.87. The van der Waals surface area contributed by atoms with E-state index < -0.39 is 23.5 Å². The van der Waals surface area contributed by atoms with E-state index in [1.807, 2.05) is 6.07 Å². The van der Waals surface area contributed by atoms with E-state index in [2.05, 4.69) is 11.4 Å². The first-order valence-electron chi connectivity index (χ1n) is 9.09. The van der Waals surface area contributed by atoms with E-state index in [1.165, 1.54) is 21.8 Å². The fourth-order valence-corrected chi connectivity index (χ4v) is 4.76. The van der Waals surface area contributed by atoms with Gasteiger partial charge in [-0.2, -0.15) is 5.26 Å². The van der Waals surface area contributed by atoms with Gasteiger partial charge < -0.3 is 10.1 Å². The van der Waals surface area contributed by atoms with Gasteiger partial charge in [0.25, 0.3) is 5.91 Å². The van der Waals surface area contributed by atoms with Gasteiger partial charge in [0, 0.05) is 4.88 Å². The Morgan fingerprint density at radius 3 is 2.64 bits per heavy atom. The third kappa shape index (κ3) is 4.04. The van der Waals surface area contributed by atoms with Gasteiger partial charge in [0.2, 0.25) is 0 Å². The molecule has 1 atom stereocenters. The number of amides is 1. The van der Waals surface area contributed by atoms with Gasteiger partial charge in [-0.25, -0.2) is 4.79 Å². The van der Waals surface area contributed by atoms with Crippen molar-refractivity contribution in [3.63, 3.8) is 0 Å². The van der Waals surface area contributed by atoms with Crippen molar-refractivity contribution >= 4 is 23.2 Å². The quantitative estimate of drug-likeness (QED) is 0.833. The van der Waals surface area contributed by atoms with Crippen molar-refractivity contribution in [3.8, 4) is 6.07 Å². The molecule has 0 spiro atoms. The highest BCUT2D eigenvalue weighted by Gasteiger charge is 2.35. The van der Waals surface area contributed by atoms with Crippen molar-refractivity contribution in [1.82, 2.24) is 5.32 Å². The maximum Gasteiger partial charge on any atom is 0.349 e. The van der Waals surface area contributed by atoms with Crippen LogP contribution in [0.2, 0.25) is 0 Å². The first-order valence-corrected chi connectivity index (χ1v) is 9.90. The molecular weight excluding hydrogens is 336 g/mol. The van der Waals surface area contributed by atoms with E-state index in [1.54, 1.807) is 6.92 Å². The smallest absolute Gasteiger partial charge is 0.349 e. The molecule has 2 aliphatic rings. The van der Waals surface area contributed by atoms with Crippen LogP contribution in [0.5, 0.6) is 0 Å². The van der Waals surface area contributed by atoms with Gasteiger partial charge in [-0.3, -0.25) is 4.79 Å². The van der Waals surface area contributed by atoms with E-state index in [0.29, 0.717) is 17.7 Å². The summed E-state index contributed by atoms with van der Waals surface area (Å²) in [6.07, 6.45) is 7.73. The molecule has 2 aliphatic carbocycles. The highest BCUT2D eigenvalue weighted by Crippen LogP contribution is 2.30. The second-order valence-electron chi connectivity index (χ2n) is 7.06. The number of hydrogen-bond donors (Lipinski definition) is 1. The van der Waals surface area contributed by atoms with Crippen LogP contribution in [0, 0.1) is 11.3 Å². The molecule has 1 fully saturated rings. The molecule has 1 heterocycles. The zero-order chi connectivity index (χ0) is 17.9. The van der Waals surface area contributed by atoms with E-state index in [9.17, 15) is 14.9 Å². The van der Waals surface area contributed by atoms with Gasteiger partial charge >= 0.3 is 5.97 Å². The molecule has 0 aliphatic heterocycles. The summed E-state index contributed by atoms with van der Waals surface area (Å²) in [5, 5.41) is 12.3. The highest BCUT2D eigenvalue weighted by molar-refractivity contribution is 7.14. The molecule has 1 saturated carbocycles. The number of nitrogens with one attached hydrogen (secondary N) is 1. The van der Waals surface area contributed by atoms with Crippen molar-refractivity contribution in [2.45, 2.75) is 76.4 Å². The Labute approximate surface area is 152 Å². The van der Waals surface area contributed by atoms with Gasteiger partial charge in [0.05, 0.1) is 6.07 Å². The number of ether oxygens (including phenoxy) is 1. The number of thiophene rings is 1. The Morgan fingerprint density at radius 2 is 1.96 bits per heavy atom. The van der Waals surface area contributed by atoms with Crippen LogP contribution in [0.15, 0.2) is 6.07 Å². The zero-order valence-electron chi connectivity index (χ0n) is 14.6. The van der Waals surface area contributed by atoms with Crippen molar-refractivity contribution in [2.75, 3.05) is 0 Å². The molecule has 1 aromatic rings. The van der Waals surface area contributed by atoms with Crippen molar-refractivity contribution in [1.29, 1.82) is 5.26 Å². The Morgan fingerprint density at radius 1 is 1.24 bits per heavy atom. The summed E-state index contributed by atoms with van der Waals surface area (Å²) in [4.78, 5) is 26.6. The molecule has 25 heavy (non-hydrogen) atoms. The molecule has 1 N–H and O–H groups in total. The summed E-state index contributed by atoms with van der Waals surface area (Å²) in [5.41, 5.74) is 0.434. The van der Waals surface area contributed by atoms with Crippen molar-refractivity contribution in [3.05, 3.63) is 21.4 Å². The topological polar surface area (TPSA) is 79.2 Å². The van der Waals surface area contributed by atoms with Crippen LogP contribution in [0.1, 0.15) is 72.0 Å². The molecule has 1 amide bonds. The number of rotatable bonds is 4. The predicted molar refractivity (Wildman–Crippen MR) is 95.4 cm³/mol. The van der Waals surface area contributed by atoms with Crippen LogP contribution >= 0.6 is 11.3 Å². The van der Waals surface area contributed by atoms with Crippen LogP contribution in [-0.2, 0) is 22.4 Å². The molecule has 0 saturated heterocycles. The number of esters is 1. The third-order valence-electron chi connectivity index (χ3n) is 5.13. The van der Waals surface area contributed by atoms with Gasteiger partial charge in [-0.15, -0.1) is 11.3 Å². The number of hydrogen-bond acceptors (Lipinski definition) is 5. The lowest BCUT2D eigenvalue weighted by atomic mass is 9.83. The number of carbonyl (C=O) groups excluding carboxylic acids is 2. The molecule has 6 heteroatoms. The van der Waals surface area contributed by atoms with Crippen molar-refractivity contribution in [2.24, 2.45) is 0 Å². The highest BCUT2D eigenvalue weighted by atomic mass is 32.1. The summed E-state index contributed by atoms with van der Waals surface area (Å²) in [5.74, 6) is -0.838. The van der Waals surface area contributed by atoms with E-state index in [4.69, 9.17) is 4.74 Å². The van der Waals surface area contributed by atoms with Gasteiger partial charge in [-0.1, -0.05) is 19.3 Å². The summed E-state index contributed by atoms with van der Waals surface area (Å²) < 4.78 is 5.36. The molecule has 0 bridgehead atoms. The molecule has 134 valence electrons. The minimum atomic E-state index is -0.904. The van der Waals surface area contributed by atoms with Crippen LogP contribution in [-0.4, -0.2) is 23.5 Å². The van der Waals surface area contributed by atoms with Crippen molar-refractivity contribution < 1.29 is 14.3 Å². The minimum absolute atomic E-state index is 0.391. The molecule has 5 nitrogen and oxygen atoms in total. The average Bonchev–Trinajstić information content (AvgIpc) is 3.06. The Bertz CT molecular complexity index is 675. The van der Waals surface area contributed by atoms with E-state index >= 15 is 0 Å². The summed E-state index contributed by atoms with van der Waals surface area (Å²) in [7, 11) is 0. The second kappa shape index (κ2) is 7.57. The second-order valence-corrected chi connectivity index (χ2v) is 8.19. The lowest BCUT2D eigenvalue weighted by molar-refractivity contribution is -0.130. The molecule has 3 rings (SSSR count). The normalized spacial score (nSPS) is 20.0. The maximum atomic E-state index is 12.4. The van der Waals surface area contributed by atoms with Gasteiger partial charge in [-0.05, 0) is 57.1 Å². The fourth-order valence-electron chi connectivity index (χ4n) is 3.62. The number of nitriles is 1. The first-order chi connectivity index (χ1) is 12.0. The number of aryl methyl sites for hydroxylation is 2. The lowest BCUT2D eigenvalue weighted by Gasteiger charge is -2.32. The molecule has 0 aromatic carbocycles. The number of carbonyl (C=O) groups is 2. The Balaban J connectivity index is 1.60. The monoisotopic (exact) mass is 360 g/mol. The van der Waals surface area contributed by atoms with E-state index in [-0.39, 0.29) is 0 Å². The Kier molecular flexibility index (Phi) is 5.43.